The number of thiophene rings is 2. The molecule has 0 aliphatic rings. The van der Waals surface area contributed by atoms with Gasteiger partial charge in [0.25, 0.3) is 0 Å². The minimum atomic E-state index is 0.225. The van der Waals surface area contributed by atoms with E-state index in [1.54, 1.807) is 22.7 Å². The monoisotopic (exact) mass is 321 g/mol. The van der Waals surface area contributed by atoms with Crippen molar-refractivity contribution in [1.82, 2.24) is 5.32 Å². The smallest absolute Gasteiger partial charge is 0.0931 e. The normalized spacial score (nSPS) is 13.0. The molecule has 0 saturated carbocycles. The van der Waals surface area contributed by atoms with Gasteiger partial charge in [0.05, 0.1) is 10.4 Å². The molecule has 0 saturated heterocycles. The minimum absolute atomic E-state index is 0.225. The molecule has 5 heteroatoms. The molecule has 1 N–H and O–H groups in total. The van der Waals surface area contributed by atoms with Gasteiger partial charge in [0.2, 0.25) is 0 Å². The van der Waals surface area contributed by atoms with Crippen LogP contribution in [0.1, 0.15) is 16.5 Å². The van der Waals surface area contributed by atoms with Gasteiger partial charge in [0, 0.05) is 14.7 Å². The molecule has 2 heterocycles. The largest absolute Gasteiger partial charge is 0.309 e. The number of halogens is 2. The molecule has 0 spiro atoms. The van der Waals surface area contributed by atoms with Crippen LogP contribution in [0.15, 0.2) is 27.4 Å². The first-order chi connectivity index (χ1) is 7.22. The van der Waals surface area contributed by atoms with Crippen LogP contribution in [-0.4, -0.2) is 7.05 Å². The van der Waals surface area contributed by atoms with E-state index in [0.29, 0.717) is 0 Å². The second-order valence-electron chi connectivity index (χ2n) is 3.04. The predicted molar refractivity (Wildman–Crippen MR) is 72.3 cm³/mol. The van der Waals surface area contributed by atoms with Crippen LogP contribution in [0.2, 0.25) is 4.34 Å². The Balaban J connectivity index is 2.36. The van der Waals surface area contributed by atoms with E-state index in [1.165, 1.54) is 10.4 Å². The van der Waals surface area contributed by atoms with E-state index in [-0.39, 0.29) is 6.04 Å². The van der Waals surface area contributed by atoms with Crippen LogP contribution in [0.3, 0.4) is 0 Å². The molecule has 2 rings (SSSR count). The van der Waals surface area contributed by atoms with Crippen molar-refractivity contribution in [2.45, 2.75) is 6.04 Å². The topological polar surface area (TPSA) is 12.0 Å². The zero-order chi connectivity index (χ0) is 10.8. The molecule has 2 aromatic heterocycles. The Kier molecular flexibility index (Phi) is 3.85. The van der Waals surface area contributed by atoms with Crippen LogP contribution in [0.4, 0.5) is 0 Å². The summed E-state index contributed by atoms with van der Waals surface area (Å²) >= 11 is 12.8. The number of hydrogen-bond donors (Lipinski definition) is 1. The fraction of sp³-hybridized carbons (Fsp3) is 0.200. The lowest BCUT2D eigenvalue weighted by molar-refractivity contribution is 0.704. The van der Waals surface area contributed by atoms with E-state index in [4.69, 9.17) is 11.6 Å². The Morgan fingerprint density at radius 3 is 2.67 bits per heavy atom. The lowest BCUT2D eigenvalue weighted by atomic mass is 10.1. The van der Waals surface area contributed by atoms with Gasteiger partial charge in [0.1, 0.15) is 0 Å². The summed E-state index contributed by atoms with van der Waals surface area (Å²) in [5.41, 5.74) is 1.26. The summed E-state index contributed by atoms with van der Waals surface area (Å²) in [6.07, 6.45) is 0. The molecule has 0 fully saturated rings. The van der Waals surface area contributed by atoms with E-state index in [0.717, 1.165) is 8.81 Å². The van der Waals surface area contributed by atoms with Crippen molar-refractivity contribution in [3.63, 3.8) is 0 Å². The van der Waals surface area contributed by atoms with E-state index >= 15 is 0 Å². The highest BCUT2D eigenvalue weighted by Crippen LogP contribution is 2.35. The van der Waals surface area contributed by atoms with Gasteiger partial charge < -0.3 is 5.32 Å². The Bertz CT molecular complexity index is 452. The lowest BCUT2D eigenvalue weighted by Crippen LogP contribution is -2.16. The van der Waals surface area contributed by atoms with Gasteiger partial charge in [-0.05, 0) is 46.1 Å². The Labute approximate surface area is 110 Å². The van der Waals surface area contributed by atoms with Crippen LogP contribution in [0.5, 0.6) is 0 Å². The van der Waals surface area contributed by atoms with Gasteiger partial charge in [-0.1, -0.05) is 11.6 Å². The van der Waals surface area contributed by atoms with E-state index in [1.807, 2.05) is 13.1 Å². The van der Waals surface area contributed by atoms with E-state index in [9.17, 15) is 0 Å². The van der Waals surface area contributed by atoms with Gasteiger partial charge >= 0.3 is 0 Å². The predicted octanol–water partition coefficient (Wildman–Crippen LogP) is 4.53. The van der Waals surface area contributed by atoms with Crippen molar-refractivity contribution in [2.75, 3.05) is 7.05 Å². The third-order valence-electron chi connectivity index (χ3n) is 2.12. The zero-order valence-electron chi connectivity index (χ0n) is 7.96. The average molecular weight is 323 g/mol. The Hall–Kier alpha value is 0.130. The van der Waals surface area contributed by atoms with Gasteiger partial charge in [-0.3, -0.25) is 0 Å². The molecule has 0 amide bonds. The maximum Gasteiger partial charge on any atom is 0.0931 e. The Morgan fingerprint density at radius 1 is 1.40 bits per heavy atom. The van der Waals surface area contributed by atoms with Crippen molar-refractivity contribution in [3.8, 4) is 0 Å². The first-order valence-corrected chi connectivity index (χ1v) is 7.29. The number of nitrogens with one attached hydrogen (secondary N) is 1. The highest BCUT2D eigenvalue weighted by atomic mass is 79.9. The highest BCUT2D eigenvalue weighted by molar-refractivity contribution is 9.10. The molecular formula is C10H9BrClNS2. The second kappa shape index (κ2) is 4.97. The number of rotatable bonds is 3. The van der Waals surface area contributed by atoms with E-state index < -0.39 is 0 Å². The molecule has 0 aromatic carbocycles. The molecule has 0 aliphatic heterocycles. The average Bonchev–Trinajstić information content (AvgIpc) is 2.79. The van der Waals surface area contributed by atoms with Gasteiger partial charge in [-0.25, -0.2) is 0 Å². The summed E-state index contributed by atoms with van der Waals surface area (Å²) in [7, 11) is 1.96. The van der Waals surface area contributed by atoms with Crippen LogP contribution in [0, 0.1) is 0 Å². The van der Waals surface area contributed by atoms with Crippen molar-refractivity contribution < 1.29 is 0 Å². The quantitative estimate of drug-likeness (QED) is 0.875. The van der Waals surface area contributed by atoms with Crippen LogP contribution in [-0.2, 0) is 0 Å². The molecule has 80 valence electrons. The third kappa shape index (κ3) is 2.45. The van der Waals surface area contributed by atoms with Crippen LogP contribution in [0.25, 0.3) is 0 Å². The molecule has 2 aromatic rings. The summed E-state index contributed by atoms with van der Waals surface area (Å²) < 4.78 is 1.98. The van der Waals surface area contributed by atoms with Crippen LogP contribution >= 0.6 is 50.2 Å². The SMILES string of the molecule is CNC(c1ccc(Cl)s1)c1cscc1Br. The summed E-state index contributed by atoms with van der Waals surface area (Å²) in [5, 5.41) is 7.55. The number of hydrogen-bond acceptors (Lipinski definition) is 3. The second-order valence-corrected chi connectivity index (χ2v) is 6.38. The van der Waals surface area contributed by atoms with Gasteiger partial charge in [0.15, 0.2) is 0 Å². The van der Waals surface area contributed by atoms with Crippen molar-refractivity contribution in [1.29, 1.82) is 0 Å². The summed E-state index contributed by atoms with van der Waals surface area (Å²) in [6, 6.07) is 4.23. The molecular weight excluding hydrogens is 314 g/mol. The maximum atomic E-state index is 5.94. The lowest BCUT2D eigenvalue weighted by Gasteiger charge is -2.13. The zero-order valence-corrected chi connectivity index (χ0v) is 11.9. The van der Waals surface area contributed by atoms with Crippen molar-refractivity contribution >= 4 is 50.2 Å². The first-order valence-electron chi connectivity index (χ1n) is 4.36. The first kappa shape index (κ1) is 11.6. The summed E-state index contributed by atoms with van der Waals surface area (Å²) in [4.78, 5) is 1.24. The van der Waals surface area contributed by atoms with Gasteiger partial charge in [-0.15, -0.1) is 11.3 Å². The van der Waals surface area contributed by atoms with Crippen LogP contribution < -0.4 is 5.32 Å². The Morgan fingerprint density at radius 2 is 2.20 bits per heavy atom. The molecule has 15 heavy (non-hydrogen) atoms. The molecule has 1 atom stereocenters. The fourth-order valence-electron chi connectivity index (χ4n) is 1.43. The molecule has 0 radical (unpaired) electrons. The molecule has 0 aliphatic carbocycles. The standard InChI is InChI=1S/C10H9BrClNS2/c1-13-10(6-4-14-5-7(6)11)8-2-3-9(12)15-8/h2-5,10,13H,1H3. The fourth-order valence-corrected chi connectivity index (χ4v) is 4.17. The molecule has 1 unspecified atom stereocenters. The summed E-state index contributed by atoms with van der Waals surface area (Å²) in [5.74, 6) is 0. The van der Waals surface area contributed by atoms with Crippen molar-refractivity contribution in [2.24, 2.45) is 0 Å². The molecule has 0 bridgehead atoms. The highest BCUT2D eigenvalue weighted by Gasteiger charge is 2.17. The van der Waals surface area contributed by atoms with Gasteiger partial charge in [-0.2, -0.15) is 11.3 Å². The minimum Gasteiger partial charge on any atom is -0.309 e. The third-order valence-corrected chi connectivity index (χ3v) is 5.17. The summed E-state index contributed by atoms with van der Waals surface area (Å²) in [6.45, 7) is 0. The maximum absolute atomic E-state index is 5.94. The van der Waals surface area contributed by atoms with Crippen molar-refractivity contribution in [3.05, 3.63) is 42.1 Å². The van der Waals surface area contributed by atoms with E-state index in [2.05, 4.69) is 38.1 Å². The molecule has 1 nitrogen and oxygen atoms in total.